The van der Waals surface area contributed by atoms with Gasteiger partial charge in [-0.3, -0.25) is 15.1 Å². The van der Waals surface area contributed by atoms with Crippen LogP contribution < -0.4 is 11.3 Å². The Bertz CT molecular complexity index is 226. The Morgan fingerprint density at radius 3 is 2.31 bits per heavy atom. The van der Waals surface area contributed by atoms with Gasteiger partial charge >= 0.3 is 0 Å². The first-order valence-electron chi connectivity index (χ1n) is 6.07. The van der Waals surface area contributed by atoms with Gasteiger partial charge in [-0.2, -0.15) is 0 Å². The molecule has 0 bridgehead atoms. The number of hydrogen-bond acceptors (Lipinski definition) is 4. The van der Waals surface area contributed by atoms with E-state index in [0.29, 0.717) is 0 Å². The number of carbonyl (C=O) groups is 1. The van der Waals surface area contributed by atoms with E-state index in [-0.39, 0.29) is 17.9 Å². The summed E-state index contributed by atoms with van der Waals surface area (Å²) < 4.78 is 0. The topological polar surface area (TPSA) is 61.6 Å². The number of nitrogens with two attached hydrogens (primary N) is 1. The summed E-state index contributed by atoms with van der Waals surface area (Å²) in [5, 5.41) is 0. The molecule has 1 fully saturated rings. The van der Waals surface area contributed by atoms with Crippen molar-refractivity contribution < 1.29 is 4.79 Å². The molecular weight excluding hydrogens is 204 g/mol. The van der Waals surface area contributed by atoms with Crippen molar-refractivity contribution in [1.29, 1.82) is 0 Å². The molecule has 0 aliphatic carbocycles. The monoisotopic (exact) mass is 228 g/mol. The van der Waals surface area contributed by atoms with E-state index in [0.717, 1.165) is 32.7 Å². The van der Waals surface area contributed by atoms with Crippen molar-refractivity contribution in [3.05, 3.63) is 0 Å². The van der Waals surface area contributed by atoms with Crippen LogP contribution in [0.4, 0.5) is 0 Å². The Morgan fingerprint density at radius 2 is 1.88 bits per heavy atom. The summed E-state index contributed by atoms with van der Waals surface area (Å²) in [5.41, 5.74) is 2.23. The number of nitrogens with one attached hydrogen (secondary N) is 1. The molecule has 94 valence electrons. The fourth-order valence-electron chi connectivity index (χ4n) is 2.15. The predicted molar refractivity (Wildman–Crippen MR) is 64.6 cm³/mol. The molecule has 1 aliphatic rings. The highest BCUT2D eigenvalue weighted by Crippen LogP contribution is 2.13. The van der Waals surface area contributed by atoms with E-state index in [1.54, 1.807) is 0 Å². The van der Waals surface area contributed by atoms with Gasteiger partial charge in [-0.1, -0.05) is 13.8 Å². The molecule has 0 spiro atoms. The lowest BCUT2D eigenvalue weighted by Crippen LogP contribution is -2.53. The second-order valence-electron chi connectivity index (χ2n) is 4.51. The number of carbonyl (C=O) groups excluding carboxylic acids is 1. The van der Waals surface area contributed by atoms with E-state index in [1.807, 2.05) is 6.92 Å². The quantitative estimate of drug-likeness (QED) is 0.392. The third-order valence-corrected chi connectivity index (χ3v) is 3.71. The Labute approximate surface area is 97.9 Å². The van der Waals surface area contributed by atoms with Crippen LogP contribution in [-0.4, -0.2) is 54.5 Å². The Balaban J connectivity index is 2.43. The van der Waals surface area contributed by atoms with Gasteiger partial charge in [0.2, 0.25) is 5.91 Å². The molecular formula is C11H24N4O. The van der Waals surface area contributed by atoms with Crippen LogP contribution in [0.5, 0.6) is 0 Å². The highest BCUT2D eigenvalue weighted by atomic mass is 16.2. The van der Waals surface area contributed by atoms with Crippen LogP contribution in [0, 0.1) is 5.92 Å². The van der Waals surface area contributed by atoms with Gasteiger partial charge < -0.3 is 4.90 Å². The van der Waals surface area contributed by atoms with Crippen molar-refractivity contribution in [2.45, 2.75) is 26.8 Å². The van der Waals surface area contributed by atoms with Crippen LogP contribution in [-0.2, 0) is 4.79 Å². The molecule has 3 N–H and O–H groups in total. The minimum atomic E-state index is -0.0783. The van der Waals surface area contributed by atoms with Crippen molar-refractivity contribution in [3.63, 3.8) is 0 Å². The normalized spacial score (nSPS) is 22.8. The average Bonchev–Trinajstić information content (AvgIpc) is 2.36. The van der Waals surface area contributed by atoms with Crippen LogP contribution in [0.25, 0.3) is 0 Å². The average molecular weight is 228 g/mol. The van der Waals surface area contributed by atoms with Gasteiger partial charge in [-0.05, 0) is 13.5 Å². The van der Waals surface area contributed by atoms with Crippen molar-refractivity contribution >= 4 is 5.91 Å². The first-order chi connectivity index (χ1) is 7.60. The van der Waals surface area contributed by atoms with Gasteiger partial charge in [0.1, 0.15) is 0 Å². The molecule has 1 heterocycles. The molecule has 5 nitrogen and oxygen atoms in total. The molecule has 1 aliphatic heterocycles. The van der Waals surface area contributed by atoms with Gasteiger partial charge in [-0.25, -0.2) is 5.84 Å². The second-order valence-corrected chi connectivity index (χ2v) is 4.51. The SMILES string of the molecule is CCN1CCN(C(C)C(C)C(=O)NN)CC1. The number of amides is 1. The van der Waals surface area contributed by atoms with Gasteiger partial charge in [0.25, 0.3) is 0 Å². The molecule has 2 unspecified atom stereocenters. The summed E-state index contributed by atoms with van der Waals surface area (Å²) in [6, 6.07) is 0.252. The van der Waals surface area contributed by atoms with E-state index in [2.05, 4.69) is 29.1 Å². The molecule has 0 aromatic heterocycles. The molecule has 0 saturated carbocycles. The van der Waals surface area contributed by atoms with E-state index < -0.39 is 0 Å². The molecule has 0 aromatic rings. The van der Waals surface area contributed by atoms with Gasteiger partial charge in [0.05, 0.1) is 5.92 Å². The lowest BCUT2D eigenvalue weighted by molar-refractivity contribution is -0.126. The zero-order chi connectivity index (χ0) is 12.1. The van der Waals surface area contributed by atoms with Gasteiger partial charge in [-0.15, -0.1) is 0 Å². The van der Waals surface area contributed by atoms with E-state index in [9.17, 15) is 4.79 Å². The number of likely N-dealkylation sites (N-methyl/N-ethyl adjacent to an activating group) is 1. The number of hydrogen-bond donors (Lipinski definition) is 2. The number of rotatable bonds is 4. The third-order valence-electron chi connectivity index (χ3n) is 3.71. The van der Waals surface area contributed by atoms with Crippen LogP contribution in [0.15, 0.2) is 0 Å². The highest BCUT2D eigenvalue weighted by Gasteiger charge is 2.27. The summed E-state index contributed by atoms with van der Waals surface area (Å²) in [4.78, 5) is 16.2. The standard InChI is InChI=1S/C11H24N4O/c1-4-14-5-7-15(8-6-14)10(3)9(2)11(16)13-12/h9-10H,4-8,12H2,1-3H3,(H,13,16). The first-order valence-corrected chi connectivity index (χ1v) is 6.07. The van der Waals surface area contributed by atoms with Crippen molar-refractivity contribution in [3.8, 4) is 0 Å². The van der Waals surface area contributed by atoms with E-state index in [1.165, 1.54) is 0 Å². The summed E-state index contributed by atoms with van der Waals surface area (Å²) >= 11 is 0. The molecule has 16 heavy (non-hydrogen) atoms. The van der Waals surface area contributed by atoms with Gasteiger partial charge in [0, 0.05) is 32.2 Å². The molecule has 0 radical (unpaired) electrons. The molecule has 2 atom stereocenters. The summed E-state index contributed by atoms with van der Waals surface area (Å²) in [5.74, 6) is 5.02. The predicted octanol–water partition coefficient (Wildman–Crippen LogP) is -0.362. The number of nitrogens with zero attached hydrogens (tertiary/aromatic N) is 2. The van der Waals surface area contributed by atoms with Crippen molar-refractivity contribution in [2.75, 3.05) is 32.7 Å². The maximum atomic E-state index is 11.4. The fourth-order valence-corrected chi connectivity index (χ4v) is 2.15. The summed E-state index contributed by atoms with van der Waals surface area (Å²) in [7, 11) is 0. The molecule has 0 aromatic carbocycles. The van der Waals surface area contributed by atoms with Crippen LogP contribution >= 0.6 is 0 Å². The fraction of sp³-hybridized carbons (Fsp3) is 0.909. The Hall–Kier alpha value is -0.650. The second kappa shape index (κ2) is 6.18. The van der Waals surface area contributed by atoms with Crippen molar-refractivity contribution in [2.24, 2.45) is 11.8 Å². The minimum Gasteiger partial charge on any atom is -0.301 e. The van der Waals surface area contributed by atoms with Crippen LogP contribution in [0.2, 0.25) is 0 Å². The van der Waals surface area contributed by atoms with Crippen LogP contribution in [0.1, 0.15) is 20.8 Å². The number of piperazine rings is 1. The molecule has 1 saturated heterocycles. The van der Waals surface area contributed by atoms with E-state index >= 15 is 0 Å². The third kappa shape index (κ3) is 3.17. The lowest BCUT2D eigenvalue weighted by atomic mass is 10.0. The van der Waals surface area contributed by atoms with E-state index in [4.69, 9.17) is 5.84 Å². The molecule has 1 rings (SSSR count). The smallest absolute Gasteiger partial charge is 0.238 e. The number of hydrazine groups is 1. The maximum Gasteiger partial charge on any atom is 0.238 e. The lowest BCUT2D eigenvalue weighted by Gasteiger charge is -2.39. The minimum absolute atomic E-state index is 0.0572. The summed E-state index contributed by atoms with van der Waals surface area (Å²) in [6.45, 7) is 11.6. The molecule has 1 amide bonds. The Kier molecular flexibility index (Phi) is 5.18. The Morgan fingerprint density at radius 1 is 1.31 bits per heavy atom. The zero-order valence-corrected chi connectivity index (χ0v) is 10.6. The highest BCUT2D eigenvalue weighted by molar-refractivity contribution is 5.78. The van der Waals surface area contributed by atoms with Crippen LogP contribution in [0.3, 0.4) is 0 Å². The zero-order valence-electron chi connectivity index (χ0n) is 10.6. The first kappa shape index (κ1) is 13.4. The molecule has 5 heteroatoms. The van der Waals surface area contributed by atoms with Crippen molar-refractivity contribution in [1.82, 2.24) is 15.2 Å². The summed E-state index contributed by atoms with van der Waals surface area (Å²) in [6.07, 6.45) is 0. The maximum absolute atomic E-state index is 11.4. The largest absolute Gasteiger partial charge is 0.301 e. The van der Waals surface area contributed by atoms with Gasteiger partial charge in [0.15, 0.2) is 0 Å².